The lowest BCUT2D eigenvalue weighted by Crippen LogP contribution is -2.03. The van der Waals surface area contributed by atoms with Crippen LogP contribution in [-0.2, 0) is 0 Å². The van der Waals surface area contributed by atoms with E-state index in [4.69, 9.17) is 15.2 Å². The zero-order chi connectivity index (χ0) is 16.8. The fourth-order valence-electron chi connectivity index (χ4n) is 2.02. The van der Waals surface area contributed by atoms with Crippen LogP contribution in [0.3, 0.4) is 0 Å². The fourth-order valence-corrected chi connectivity index (χ4v) is 2.02. The molecule has 3 aromatic rings. The van der Waals surface area contributed by atoms with Gasteiger partial charge in [-0.1, -0.05) is 0 Å². The number of nitrogens with zero attached hydrogens (tertiary/aromatic N) is 3. The zero-order valence-corrected chi connectivity index (χ0v) is 13.1. The number of hydrogen-bond donors (Lipinski definition) is 2. The Labute approximate surface area is 139 Å². The van der Waals surface area contributed by atoms with Gasteiger partial charge in [-0.25, -0.2) is 4.98 Å². The van der Waals surface area contributed by atoms with Crippen LogP contribution < -0.4 is 20.5 Å². The summed E-state index contributed by atoms with van der Waals surface area (Å²) in [5.41, 5.74) is 7.24. The Hall–Kier alpha value is -3.35. The van der Waals surface area contributed by atoms with Crippen molar-refractivity contribution in [2.75, 3.05) is 17.7 Å². The monoisotopic (exact) mass is 323 g/mol. The number of anilines is 3. The molecule has 2 heterocycles. The number of aromatic nitrogens is 3. The summed E-state index contributed by atoms with van der Waals surface area (Å²) in [6.45, 7) is 2.57. The molecule has 3 N–H and O–H groups in total. The number of pyridine rings is 1. The van der Waals surface area contributed by atoms with E-state index in [1.807, 2.05) is 31.2 Å². The van der Waals surface area contributed by atoms with Crippen molar-refractivity contribution in [1.82, 2.24) is 15.0 Å². The van der Waals surface area contributed by atoms with Gasteiger partial charge in [-0.3, -0.25) is 4.98 Å². The average Bonchev–Trinajstić information content (AvgIpc) is 2.61. The van der Waals surface area contributed by atoms with Gasteiger partial charge in [0.05, 0.1) is 12.8 Å². The van der Waals surface area contributed by atoms with Gasteiger partial charge in [0.25, 0.3) is 0 Å². The molecule has 0 spiro atoms. The van der Waals surface area contributed by atoms with E-state index in [0.29, 0.717) is 23.9 Å². The first-order valence-corrected chi connectivity index (χ1v) is 7.44. The molecule has 0 radical (unpaired) electrons. The molecule has 7 heteroatoms. The minimum absolute atomic E-state index is 0.270. The highest BCUT2D eigenvalue weighted by molar-refractivity contribution is 5.72. The van der Waals surface area contributed by atoms with E-state index >= 15 is 0 Å². The molecule has 2 aromatic heterocycles. The molecule has 24 heavy (non-hydrogen) atoms. The van der Waals surface area contributed by atoms with E-state index in [1.54, 1.807) is 24.5 Å². The summed E-state index contributed by atoms with van der Waals surface area (Å²) in [5.74, 6) is 2.09. The molecule has 0 saturated carbocycles. The Morgan fingerprint density at radius 1 is 1.08 bits per heavy atom. The summed E-state index contributed by atoms with van der Waals surface area (Å²) in [4.78, 5) is 12.2. The molecule has 0 aliphatic rings. The van der Waals surface area contributed by atoms with E-state index in [0.717, 1.165) is 11.4 Å². The second-order valence-electron chi connectivity index (χ2n) is 4.81. The predicted octanol–water partition coefficient (Wildman–Crippen LogP) is 3.39. The third-order valence-electron chi connectivity index (χ3n) is 3.12. The van der Waals surface area contributed by atoms with Gasteiger partial charge in [-0.05, 0) is 43.3 Å². The molecule has 0 bridgehead atoms. The second kappa shape index (κ2) is 7.28. The van der Waals surface area contributed by atoms with Gasteiger partial charge in [0.15, 0.2) is 5.82 Å². The van der Waals surface area contributed by atoms with Crippen molar-refractivity contribution in [2.45, 2.75) is 6.92 Å². The lowest BCUT2D eigenvalue weighted by Gasteiger charge is -2.12. The molecule has 1 aromatic carbocycles. The van der Waals surface area contributed by atoms with Gasteiger partial charge in [-0.15, -0.1) is 0 Å². The van der Waals surface area contributed by atoms with E-state index in [1.165, 1.54) is 6.33 Å². The van der Waals surface area contributed by atoms with Gasteiger partial charge >= 0.3 is 0 Å². The van der Waals surface area contributed by atoms with Crippen LogP contribution in [0.15, 0.2) is 55.1 Å². The average molecular weight is 323 g/mol. The van der Waals surface area contributed by atoms with E-state index in [9.17, 15) is 0 Å². The van der Waals surface area contributed by atoms with Crippen molar-refractivity contribution >= 4 is 17.2 Å². The van der Waals surface area contributed by atoms with Gasteiger partial charge in [-0.2, -0.15) is 4.98 Å². The highest BCUT2D eigenvalue weighted by Gasteiger charge is 2.10. The summed E-state index contributed by atoms with van der Waals surface area (Å²) in [5, 5.41) is 3.14. The topological polar surface area (TPSA) is 95.2 Å². The molecular weight excluding hydrogens is 306 g/mol. The van der Waals surface area contributed by atoms with Crippen LogP contribution in [0.25, 0.3) is 0 Å². The number of rotatable bonds is 6. The largest absolute Gasteiger partial charge is 0.494 e. The van der Waals surface area contributed by atoms with Crippen LogP contribution in [-0.4, -0.2) is 21.6 Å². The number of nitrogens with two attached hydrogens (primary N) is 1. The Morgan fingerprint density at radius 3 is 2.62 bits per heavy atom. The normalized spacial score (nSPS) is 10.2. The third-order valence-corrected chi connectivity index (χ3v) is 3.12. The first kappa shape index (κ1) is 15.5. The second-order valence-corrected chi connectivity index (χ2v) is 4.81. The molecule has 0 aliphatic carbocycles. The van der Waals surface area contributed by atoms with Crippen LogP contribution in [0.2, 0.25) is 0 Å². The highest BCUT2D eigenvalue weighted by atomic mass is 16.5. The van der Waals surface area contributed by atoms with Gasteiger partial charge in [0.2, 0.25) is 5.88 Å². The van der Waals surface area contributed by atoms with E-state index in [2.05, 4.69) is 20.3 Å². The summed E-state index contributed by atoms with van der Waals surface area (Å²) in [7, 11) is 0. The molecule has 0 saturated heterocycles. The Balaban J connectivity index is 1.77. The smallest absolute Gasteiger partial charge is 0.248 e. The summed E-state index contributed by atoms with van der Waals surface area (Å²) in [6.07, 6.45) is 4.63. The van der Waals surface area contributed by atoms with E-state index < -0.39 is 0 Å². The van der Waals surface area contributed by atoms with Crippen molar-refractivity contribution in [1.29, 1.82) is 0 Å². The lowest BCUT2D eigenvalue weighted by molar-refractivity contribution is 0.340. The van der Waals surface area contributed by atoms with Crippen LogP contribution in [0.5, 0.6) is 17.4 Å². The maximum Gasteiger partial charge on any atom is 0.248 e. The van der Waals surface area contributed by atoms with Crippen molar-refractivity contribution in [2.24, 2.45) is 0 Å². The first-order valence-electron chi connectivity index (χ1n) is 7.44. The van der Waals surface area contributed by atoms with Crippen LogP contribution in [0.1, 0.15) is 6.92 Å². The standard InChI is InChI=1S/C17H17N5O2/c1-2-23-13-7-5-12(6-8-13)22-16-15(18)17(21-11-20-16)24-14-4-3-9-19-10-14/h3-11H,2,18H2,1H3,(H,20,21,22). The molecule has 0 atom stereocenters. The number of ether oxygens (including phenoxy) is 2. The van der Waals surface area contributed by atoms with Crippen LogP contribution in [0.4, 0.5) is 17.2 Å². The molecule has 122 valence electrons. The number of benzene rings is 1. The van der Waals surface area contributed by atoms with Gasteiger partial charge in [0.1, 0.15) is 23.5 Å². The molecule has 0 unspecified atom stereocenters. The summed E-state index contributed by atoms with van der Waals surface area (Å²) < 4.78 is 11.1. The maximum absolute atomic E-state index is 6.10. The lowest BCUT2D eigenvalue weighted by atomic mass is 10.3. The number of nitrogen functional groups attached to an aromatic ring is 1. The van der Waals surface area contributed by atoms with Crippen molar-refractivity contribution < 1.29 is 9.47 Å². The first-order chi connectivity index (χ1) is 11.8. The minimum atomic E-state index is 0.270. The van der Waals surface area contributed by atoms with Crippen LogP contribution in [0, 0.1) is 0 Å². The summed E-state index contributed by atoms with van der Waals surface area (Å²) >= 11 is 0. The molecule has 0 fully saturated rings. The molecule has 7 nitrogen and oxygen atoms in total. The molecule has 3 rings (SSSR count). The van der Waals surface area contributed by atoms with E-state index in [-0.39, 0.29) is 5.88 Å². The van der Waals surface area contributed by atoms with Crippen molar-refractivity contribution in [3.05, 3.63) is 55.1 Å². The Bertz CT molecular complexity index is 794. The number of nitrogens with one attached hydrogen (secondary N) is 1. The summed E-state index contributed by atoms with van der Waals surface area (Å²) in [6, 6.07) is 11.1. The minimum Gasteiger partial charge on any atom is -0.494 e. The van der Waals surface area contributed by atoms with Gasteiger partial charge < -0.3 is 20.5 Å². The van der Waals surface area contributed by atoms with Crippen LogP contribution >= 0.6 is 0 Å². The van der Waals surface area contributed by atoms with Gasteiger partial charge in [0, 0.05) is 11.9 Å². The number of hydrogen-bond acceptors (Lipinski definition) is 7. The molecular formula is C17H17N5O2. The SMILES string of the molecule is CCOc1ccc(Nc2ncnc(Oc3cccnc3)c2N)cc1. The molecule has 0 amide bonds. The predicted molar refractivity (Wildman–Crippen MR) is 91.6 cm³/mol. The quantitative estimate of drug-likeness (QED) is 0.718. The Kier molecular flexibility index (Phi) is 4.71. The Morgan fingerprint density at radius 2 is 1.92 bits per heavy atom. The fraction of sp³-hybridized carbons (Fsp3) is 0.118. The zero-order valence-electron chi connectivity index (χ0n) is 13.1. The highest BCUT2D eigenvalue weighted by Crippen LogP contribution is 2.30. The third kappa shape index (κ3) is 3.70. The van der Waals surface area contributed by atoms with Crippen molar-refractivity contribution in [3.63, 3.8) is 0 Å². The molecule has 0 aliphatic heterocycles. The maximum atomic E-state index is 6.10. The van der Waals surface area contributed by atoms with Crippen molar-refractivity contribution in [3.8, 4) is 17.4 Å².